The second-order valence-electron chi connectivity index (χ2n) is 8.32. The number of hydrogen-bond donors (Lipinski definition) is 1. The smallest absolute Gasteiger partial charge is 0.157 e. The second-order valence-corrected chi connectivity index (χ2v) is 8.32. The predicted molar refractivity (Wildman–Crippen MR) is 95.9 cm³/mol. The van der Waals surface area contributed by atoms with E-state index in [0.29, 0.717) is 25.0 Å². The van der Waals surface area contributed by atoms with Gasteiger partial charge in [0.15, 0.2) is 5.83 Å². The van der Waals surface area contributed by atoms with Crippen LogP contribution in [0.25, 0.3) is 0 Å². The van der Waals surface area contributed by atoms with E-state index < -0.39 is 35.5 Å². The molecule has 1 aromatic heterocycles. The van der Waals surface area contributed by atoms with E-state index in [1.54, 1.807) is 0 Å². The number of aromatic nitrogens is 2. The van der Waals surface area contributed by atoms with Crippen molar-refractivity contribution in [1.29, 1.82) is 0 Å². The molecule has 1 aromatic rings. The Morgan fingerprint density at radius 1 is 1.18 bits per heavy atom. The number of ether oxygens (including phenoxy) is 1. The lowest BCUT2D eigenvalue weighted by molar-refractivity contribution is -0.0731. The van der Waals surface area contributed by atoms with Gasteiger partial charge in [-0.2, -0.15) is 0 Å². The zero-order chi connectivity index (χ0) is 19.4. The number of nitrogens with zero attached hydrogens (tertiary/aromatic N) is 3. The summed E-state index contributed by atoms with van der Waals surface area (Å²) in [7, 11) is 0. The van der Waals surface area contributed by atoms with Crippen molar-refractivity contribution >= 4 is 0 Å². The van der Waals surface area contributed by atoms with Crippen molar-refractivity contribution in [2.45, 2.75) is 62.9 Å². The molecule has 1 saturated carbocycles. The molecule has 0 spiro atoms. The summed E-state index contributed by atoms with van der Waals surface area (Å²) in [6.07, 6.45) is 4.48. The van der Waals surface area contributed by atoms with E-state index in [2.05, 4.69) is 9.88 Å². The highest BCUT2D eigenvalue weighted by atomic mass is 19.2. The highest BCUT2D eigenvalue weighted by Crippen LogP contribution is 2.40. The molecular weight excluding hydrogens is 369 g/mol. The van der Waals surface area contributed by atoms with Gasteiger partial charge in [0.1, 0.15) is 17.5 Å². The van der Waals surface area contributed by atoms with E-state index in [-0.39, 0.29) is 12.5 Å². The van der Waals surface area contributed by atoms with E-state index in [4.69, 9.17) is 15.5 Å². The molecule has 1 saturated heterocycles. The van der Waals surface area contributed by atoms with Gasteiger partial charge in [-0.15, -0.1) is 0 Å². The van der Waals surface area contributed by atoms with Gasteiger partial charge in [0.2, 0.25) is 0 Å². The van der Waals surface area contributed by atoms with Crippen molar-refractivity contribution in [1.82, 2.24) is 14.9 Å². The Hall–Kier alpha value is -1.77. The molecule has 8 heteroatoms. The van der Waals surface area contributed by atoms with Gasteiger partial charge in [-0.25, -0.2) is 23.1 Å². The van der Waals surface area contributed by atoms with Crippen LogP contribution in [0.15, 0.2) is 29.8 Å². The third-order valence-electron chi connectivity index (χ3n) is 6.28. The molecule has 4 aliphatic rings. The van der Waals surface area contributed by atoms with Crippen molar-refractivity contribution in [3.8, 4) is 0 Å². The summed E-state index contributed by atoms with van der Waals surface area (Å²) in [5.41, 5.74) is 8.48. The molecule has 1 unspecified atom stereocenters. The molecule has 2 N–H and O–H groups in total. The Morgan fingerprint density at radius 2 is 2.00 bits per heavy atom. The summed E-state index contributed by atoms with van der Waals surface area (Å²) in [6.45, 7) is 1.85. The Labute approximate surface area is 161 Å². The van der Waals surface area contributed by atoms with Crippen molar-refractivity contribution in [3.05, 3.63) is 46.8 Å². The fourth-order valence-corrected chi connectivity index (χ4v) is 4.49. The first-order chi connectivity index (χ1) is 13.5. The number of rotatable bonds is 3. The molecular formula is C20H23F3N4O. The summed E-state index contributed by atoms with van der Waals surface area (Å²) < 4.78 is 46.9. The normalized spacial score (nSPS) is 33.8. The molecule has 28 heavy (non-hydrogen) atoms. The largest absolute Gasteiger partial charge is 0.374 e. The number of fused-ring (bicyclic) bond motifs is 1. The van der Waals surface area contributed by atoms with Gasteiger partial charge in [0, 0.05) is 61.3 Å². The highest BCUT2D eigenvalue weighted by molar-refractivity contribution is 5.27. The zero-order valence-electron chi connectivity index (χ0n) is 15.5. The van der Waals surface area contributed by atoms with Crippen molar-refractivity contribution < 1.29 is 17.9 Å². The van der Waals surface area contributed by atoms with E-state index in [0.717, 1.165) is 30.2 Å². The number of halogens is 3. The Morgan fingerprint density at radius 3 is 2.75 bits per heavy atom. The van der Waals surface area contributed by atoms with Gasteiger partial charge in [-0.05, 0) is 19.3 Å². The Kier molecular flexibility index (Phi) is 4.52. The maximum atomic E-state index is 14.2. The van der Waals surface area contributed by atoms with E-state index in [1.807, 2.05) is 6.20 Å². The van der Waals surface area contributed by atoms with Gasteiger partial charge >= 0.3 is 0 Å². The van der Waals surface area contributed by atoms with Crippen LogP contribution in [0.3, 0.4) is 0 Å². The van der Waals surface area contributed by atoms with Crippen LogP contribution in [0.1, 0.15) is 48.7 Å². The van der Waals surface area contributed by atoms with Crippen molar-refractivity contribution in [3.63, 3.8) is 0 Å². The zero-order valence-corrected chi connectivity index (χ0v) is 15.5. The fraction of sp³-hybridized carbons (Fsp3) is 0.600. The predicted octanol–water partition coefficient (Wildman–Crippen LogP) is 3.18. The van der Waals surface area contributed by atoms with Crippen LogP contribution in [0.4, 0.5) is 13.2 Å². The van der Waals surface area contributed by atoms with Gasteiger partial charge in [0.25, 0.3) is 0 Å². The lowest BCUT2D eigenvalue weighted by atomic mass is 9.84. The van der Waals surface area contributed by atoms with E-state index >= 15 is 0 Å². The van der Waals surface area contributed by atoms with Crippen LogP contribution in [-0.4, -0.2) is 39.7 Å². The maximum absolute atomic E-state index is 14.2. The topological polar surface area (TPSA) is 64.3 Å². The lowest BCUT2D eigenvalue weighted by Crippen LogP contribution is -2.53. The maximum Gasteiger partial charge on any atom is 0.157 e. The minimum atomic E-state index is -1.14. The molecule has 5 nitrogen and oxygen atoms in total. The Bertz CT molecular complexity index is 854. The summed E-state index contributed by atoms with van der Waals surface area (Å²) >= 11 is 0. The lowest BCUT2D eigenvalue weighted by Gasteiger charge is -2.41. The summed E-state index contributed by atoms with van der Waals surface area (Å²) in [4.78, 5) is 11.5. The highest BCUT2D eigenvalue weighted by Gasteiger charge is 2.41. The minimum Gasteiger partial charge on any atom is -0.374 e. The first kappa shape index (κ1) is 18.3. The standard InChI is InChI=1S/C20H23F3N4O/c21-14-5-16(23)15(22)4-13(14)19-17(24)3-12(9-28-19)27-7-11-6-25-20(10-1-2-10)26-18(11)8-27/h5-6,10,12-13,17,19H,1-4,7-9,24H2/t12-,13+,17+,19?/m1/s1. The average Bonchev–Trinajstić information content (AvgIpc) is 3.43. The van der Waals surface area contributed by atoms with Gasteiger partial charge < -0.3 is 10.5 Å². The SMILES string of the molecule is N[C@H]1C[C@@H](N2Cc3cnc(C4CC4)nc3C2)COC1[C@H]1CC(F)=C(F)C=C1F. The summed E-state index contributed by atoms with van der Waals surface area (Å²) in [5.74, 6) is -2.18. The monoisotopic (exact) mass is 392 g/mol. The number of hydrogen-bond acceptors (Lipinski definition) is 5. The second kappa shape index (κ2) is 6.93. The van der Waals surface area contributed by atoms with Crippen LogP contribution < -0.4 is 5.73 Å². The summed E-state index contributed by atoms with van der Waals surface area (Å²) in [5, 5.41) is 0. The molecule has 2 aliphatic heterocycles. The van der Waals surface area contributed by atoms with E-state index in [1.165, 1.54) is 12.8 Å². The molecule has 2 aliphatic carbocycles. The molecule has 0 bridgehead atoms. The first-order valence-corrected chi connectivity index (χ1v) is 9.86. The fourth-order valence-electron chi connectivity index (χ4n) is 4.49. The molecule has 5 rings (SSSR count). The number of allylic oxidation sites excluding steroid dienone is 3. The molecule has 4 atom stereocenters. The van der Waals surface area contributed by atoms with Crippen molar-refractivity contribution in [2.24, 2.45) is 11.7 Å². The minimum absolute atomic E-state index is 0.0811. The molecule has 150 valence electrons. The molecule has 0 aromatic carbocycles. The van der Waals surface area contributed by atoms with Crippen LogP contribution in [-0.2, 0) is 17.8 Å². The van der Waals surface area contributed by atoms with Crippen molar-refractivity contribution in [2.75, 3.05) is 6.61 Å². The van der Waals surface area contributed by atoms with Gasteiger partial charge in [-0.1, -0.05) is 0 Å². The summed E-state index contributed by atoms with van der Waals surface area (Å²) in [6, 6.07) is -0.369. The third-order valence-corrected chi connectivity index (χ3v) is 6.28. The van der Waals surface area contributed by atoms with Gasteiger partial charge in [-0.3, -0.25) is 4.90 Å². The molecule has 0 radical (unpaired) electrons. The first-order valence-electron chi connectivity index (χ1n) is 9.86. The average molecular weight is 392 g/mol. The quantitative estimate of drug-likeness (QED) is 0.856. The molecule has 2 fully saturated rings. The third kappa shape index (κ3) is 3.27. The molecule has 3 heterocycles. The van der Waals surface area contributed by atoms with E-state index in [9.17, 15) is 13.2 Å². The van der Waals surface area contributed by atoms with Crippen LogP contribution in [0, 0.1) is 5.92 Å². The Balaban J connectivity index is 1.24. The number of nitrogens with two attached hydrogens (primary N) is 1. The van der Waals surface area contributed by atoms with Gasteiger partial charge in [0.05, 0.1) is 18.4 Å². The van der Waals surface area contributed by atoms with Crippen LogP contribution >= 0.6 is 0 Å². The molecule has 0 amide bonds. The van der Waals surface area contributed by atoms with Crippen LogP contribution in [0.2, 0.25) is 0 Å². The van der Waals surface area contributed by atoms with Crippen LogP contribution in [0.5, 0.6) is 0 Å².